The lowest BCUT2D eigenvalue weighted by Gasteiger charge is -2.25. The van der Waals surface area contributed by atoms with E-state index >= 15 is 0 Å². The van der Waals surface area contributed by atoms with Crippen molar-refractivity contribution < 1.29 is 33.0 Å². The van der Waals surface area contributed by atoms with Crippen molar-refractivity contribution in [3.63, 3.8) is 0 Å². The third-order valence-corrected chi connectivity index (χ3v) is 7.92. The number of benzene rings is 1. The van der Waals surface area contributed by atoms with Crippen LogP contribution >= 0.6 is 32.2 Å². The van der Waals surface area contributed by atoms with Gasteiger partial charge in [-0.05, 0) is 52.0 Å². The minimum absolute atomic E-state index is 0.276. The van der Waals surface area contributed by atoms with Crippen molar-refractivity contribution in [2.75, 3.05) is 6.61 Å². The van der Waals surface area contributed by atoms with E-state index in [1.807, 2.05) is 13.8 Å². The highest BCUT2D eigenvalue weighted by molar-refractivity contribution is 7.72. The smallest absolute Gasteiger partial charge is 0.459 e. The Morgan fingerprint density at radius 2 is 1.94 bits per heavy atom. The van der Waals surface area contributed by atoms with Crippen molar-refractivity contribution in [2.24, 2.45) is 5.92 Å². The molecule has 2 unspecified atom stereocenters. The monoisotopic (exact) mass is 557 g/mol. The summed E-state index contributed by atoms with van der Waals surface area (Å²) >= 11 is 10.6. The Hall–Kier alpha value is -1.92. The second kappa shape index (κ2) is 12.1. The molecule has 3 N–H and O–H groups in total. The minimum Gasteiger partial charge on any atom is -0.462 e. The molecule has 36 heavy (non-hydrogen) atoms. The van der Waals surface area contributed by atoms with E-state index < -0.39 is 38.2 Å². The number of carbonyl (C=O) groups is 1. The maximum absolute atomic E-state index is 13.7. The summed E-state index contributed by atoms with van der Waals surface area (Å²) < 4.78 is 38.8. The topological polar surface area (TPSA) is 124 Å². The number of nitrogens with zero attached hydrogens (tertiary/aromatic N) is 1. The first-order valence-electron chi connectivity index (χ1n) is 11.5. The average molecular weight is 558 g/mol. The van der Waals surface area contributed by atoms with Crippen LogP contribution in [-0.2, 0) is 23.4 Å². The molecule has 6 atom stereocenters. The molecule has 2 aromatic rings. The van der Waals surface area contributed by atoms with Gasteiger partial charge < -0.3 is 24.1 Å². The number of rotatable bonds is 10. The highest BCUT2D eigenvalue weighted by Crippen LogP contribution is 2.46. The van der Waals surface area contributed by atoms with Gasteiger partial charge in [-0.1, -0.05) is 37.3 Å². The molecule has 0 bridgehead atoms. The highest BCUT2D eigenvalue weighted by Gasteiger charge is 2.44. The number of carbonyl (C=O) groups excluding carboxylic acids is 1. The van der Waals surface area contributed by atoms with Crippen LogP contribution in [-0.4, -0.2) is 51.6 Å². The number of esters is 1. The fourth-order valence-corrected chi connectivity index (χ4v) is 5.60. The number of nitrogens with one attached hydrogen (secondary N) is 2. The lowest BCUT2D eigenvalue weighted by molar-refractivity contribution is -0.149. The fraction of sp³-hybridized carbons (Fsp3) is 0.522. The van der Waals surface area contributed by atoms with Gasteiger partial charge in [0, 0.05) is 17.7 Å². The molecule has 3 rings (SSSR count). The number of hydrogen-bond acceptors (Lipinski definition) is 9. The molecule has 2 heterocycles. The van der Waals surface area contributed by atoms with Crippen LogP contribution in [0.2, 0.25) is 0 Å². The van der Waals surface area contributed by atoms with Crippen molar-refractivity contribution in [3.8, 4) is 5.75 Å². The summed E-state index contributed by atoms with van der Waals surface area (Å²) in [4.78, 5) is 15.3. The van der Waals surface area contributed by atoms with Crippen LogP contribution in [0.25, 0.3) is 0 Å². The molecule has 1 fully saturated rings. The van der Waals surface area contributed by atoms with E-state index in [1.165, 1.54) is 6.92 Å². The SMILES string of the molecule is Cc1cn([C@H]2O[C@@H](COP(=O)(N[C@@H](C)C(=O)OC(C)C)Oc3ccccc3)[C@@H](O)C2C)c(=S)[nH]c1=S. The molecule has 1 aromatic heterocycles. The number of ether oxygens (including phenoxy) is 2. The second-order valence-corrected chi connectivity index (χ2v) is 11.4. The zero-order valence-corrected chi connectivity index (χ0v) is 23.3. The molecule has 0 spiro atoms. The van der Waals surface area contributed by atoms with Crippen molar-refractivity contribution in [1.29, 1.82) is 0 Å². The maximum atomic E-state index is 13.7. The zero-order valence-electron chi connectivity index (χ0n) is 20.7. The summed E-state index contributed by atoms with van der Waals surface area (Å²) in [7, 11) is -4.10. The molecule has 1 aliphatic heterocycles. The summed E-state index contributed by atoms with van der Waals surface area (Å²) in [6.45, 7) is 8.31. The molecule has 1 aromatic carbocycles. The second-order valence-electron chi connectivity index (χ2n) is 8.93. The summed E-state index contributed by atoms with van der Waals surface area (Å²) in [5.41, 5.74) is 0.802. The fourth-order valence-electron chi connectivity index (χ4n) is 3.63. The van der Waals surface area contributed by atoms with E-state index in [0.29, 0.717) is 9.41 Å². The molecule has 0 saturated carbocycles. The Morgan fingerprint density at radius 3 is 2.58 bits per heavy atom. The van der Waals surface area contributed by atoms with Crippen LogP contribution in [0.1, 0.15) is 39.5 Å². The summed E-state index contributed by atoms with van der Waals surface area (Å²) in [5, 5.41) is 13.5. The molecular weight excluding hydrogens is 525 g/mol. The maximum Gasteiger partial charge on any atom is 0.459 e. The van der Waals surface area contributed by atoms with Gasteiger partial charge in [0.05, 0.1) is 18.8 Å². The molecule has 13 heteroatoms. The normalized spacial score (nSPS) is 24.3. The molecule has 0 radical (unpaired) electrons. The Labute approximate surface area is 220 Å². The molecule has 1 aliphatic rings. The van der Waals surface area contributed by atoms with Crippen LogP contribution in [0.3, 0.4) is 0 Å². The van der Waals surface area contributed by atoms with Gasteiger partial charge in [0.15, 0.2) is 4.77 Å². The minimum atomic E-state index is -4.10. The quantitative estimate of drug-likeness (QED) is 0.217. The van der Waals surface area contributed by atoms with Gasteiger partial charge in [-0.15, -0.1) is 0 Å². The van der Waals surface area contributed by atoms with Crippen molar-refractivity contribution in [3.05, 3.63) is 51.5 Å². The molecule has 10 nitrogen and oxygen atoms in total. The molecule has 0 aliphatic carbocycles. The third kappa shape index (κ3) is 7.10. The molecule has 0 amide bonds. The van der Waals surface area contributed by atoms with Crippen molar-refractivity contribution in [1.82, 2.24) is 14.6 Å². The van der Waals surface area contributed by atoms with E-state index in [2.05, 4.69) is 10.1 Å². The predicted molar refractivity (Wildman–Crippen MR) is 139 cm³/mol. The van der Waals surface area contributed by atoms with Crippen LogP contribution in [0.4, 0.5) is 0 Å². The van der Waals surface area contributed by atoms with Crippen LogP contribution in [0.5, 0.6) is 5.75 Å². The first-order valence-corrected chi connectivity index (χ1v) is 13.9. The number of hydrogen-bond donors (Lipinski definition) is 3. The first-order chi connectivity index (χ1) is 16.9. The van der Waals surface area contributed by atoms with E-state index in [4.69, 9.17) is 43.0 Å². The van der Waals surface area contributed by atoms with Crippen molar-refractivity contribution in [2.45, 2.75) is 65.2 Å². The summed E-state index contributed by atoms with van der Waals surface area (Å²) in [6, 6.07) is 7.43. The number of para-hydroxylation sites is 1. The van der Waals surface area contributed by atoms with Crippen LogP contribution < -0.4 is 9.61 Å². The predicted octanol–water partition coefficient (Wildman–Crippen LogP) is 4.61. The Kier molecular flexibility index (Phi) is 9.62. The number of aromatic amines is 1. The van der Waals surface area contributed by atoms with Gasteiger partial charge in [0.2, 0.25) is 0 Å². The van der Waals surface area contributed by atoms with Gasteiger partial charge in [0.1, 0.15) is 28.8 Å². The Balaban J connectivity index is 1.77. The largest absolute Gasteiger partial charge is 0.462 e. The van der Waals surface area contributed by atoms with Gasteiger partial charge in [-0.2, -0.15) is 5.09 Å². The summed E-state index contributed by atoms with van der Waals surface area (Å²) in [5.74, 6) is -0.697. The number of aryl methyl sites for hydroxylation is 1. The Bertz CT molecular complexity index is 1220. The molecule has 198 valence electrons. The number of H-pyrrole nitrogens is 1. The zero-order chi connectivity index (χ0) is 26.6. The van der Waals surface area contributed by atoms with E-state index in [9.17, 15) is 14.5 Å². The van der Waals surface area contributed by atoms with E-state index in [1.54, 1.807) is 54.9 Å². The molecular formula is C23H32N3O7PS2. The average Bonchev–Trinajstić information content (AvgIpc) is 3.08. The highest BCUT2D eigenvalue weighted by atomic mass is 32.1. The third-order valence-electron chi connectivity index (χ3n) is 5.54. The standard InChI is InChI=1S/C23H32N3O7PS2/c1-13(2)31-22(28)16(5)25-34(29,33-17-9-7-6-8-10-17)30-12-18-19(27)15(4)21(32-18)26-11-14(3)20(35)24-23(26)36/h6-11,13,15-16,18-19,21,27H,12H2,1-5H3,(H,25,29)(H,24,35,36)/t15?,16-,18-,19-,21-,34?/m0/s1. The van der Waals surface area contributed by atoms with Gasteiger partial charge in [-0.25, -0.2) is 4.57 Å². The van der Waals surface area contributed by atoms with Gasteiger partial charge in [0.25, 0.3) is 0 Å². The van der Waals surface area contributed by atoms with E-state index in [0.717, 1.165) is 5.56 Å². The number of aliphatic hydroxyl groups is 1. The lowest BCUT2D eigenvalue weighted by atomic mass is 10.0. The Morgan fingerprint density at radius 1 is 1.28 bits per heavy atom. The first kappa shape index (κ1) is 28.6. The van der Waals surface area contributed by atoms with Gasteiger partial charge in [-0.3, -0.25) is 13.9 Å². The summed E-state index contributed by atoms with van der Waals surface area (Å²) in [6.07, 6.45) is -0.976. The van der Waals surface area contributed by atoms with Crippen molar-refractivity contribution >= 4 is 38.2 Å². The number of aliphatic hydroxyl groups excluding tert-OH is 1. The van der Waals surface area contributed by atoms with Gasteiger partial charge >= 0.3 is 13.7 Å². The number of aromatic nitrogens is 2. The molecule has 1 saturated heterocycles. The van der Waals surface area contributed by atoms with Crippen LogP contribution in [0.15, 0.2) is 36.5 Å². The van der Waals surface area contributed by atoms with E-state index in [-0.39, 0.29) is 24.4 Å². The lowest BCUT2D eigenvalue weighted by Crippen LogP contribution is -2.37. The van der Waals surface area contributed by atoms with Crippen LogP contribution in [0, 0.1) is 22.3 Å².